The lowest BCUT2D eigenvalue weighted by molar-refractivity contribution is -0.139. The van der Waals surface area contributed by atoms with Crippen molar-refractivity contribution < 1.29 is 19.5 Å². The molecule has 0 atom stereocenters. The number of hydrogen-bond acceptors (Lipinski definition) is 4. The maximum absolute atomic E-state index is 11.0. The van der Waals surface area contributed by atoms with E-state index in [0.29, 0.717) is 5.75 Å². The number of aliphatic carboxylic acids is 1. The Hall–Kier alpha value is -2.08. The molecule has 6 heteroatoms. The highest BCUT2D eigenvalue weighted by Gasteiger charge is 2.04. The van der Waals surface area contributed by atoms with Gasteiger partial charge in [0.2, 0.25) is 5.91 Å². The topological polar surface area (TPSA) is 87.7 Å². The van der Waals surface area contributed by atoms with Gasteiger partial charge < -0.3 is 9.94 Å². The summed E-state index contributed by atoms with van der Waals surface area (Å²) in [6.45, 7) is 0. The fraction of sp³-hybridized carbons (Fsp3) is 0.200. The zero-order valence-electron chi connectivity index (χ0n) is 8.47. The molecule has 86 valence electrons. The molecule has 0 radical (unpaired) electrons. The lowest BCUT2D eigenvalue weighted by atomic mass is 10.3. The van der Waals surface area contributed by atoms with E-state index in [1.54, 1.807) is 24.3 Å². The summed E-state index contributed by atoms with van der Waals surface area (Å²) in [5, 5.41) is 8.33. The van der Waals surface area contributed by atoms with Crippen LogP contribution in [0.4, 0.5) is 0 Å². The highest BCUT2D eigenvalue weighted by atomic mass is 16.7. The summed E-state index contributed by atoms with van der Waals surface area (Å²) < 4.78 is 0. The molecule has 0 aliphatic heterocycles. The van der Waals surface area contributed by atoms with E-state index in [2.05, 4.69) is 11.0 Å². The Morgan fingerprint density at radius 3 is 2.50 bits per heavy atom. The van der Waals surface area contributed by atoms with Crippen molar-refractivity contribution in [1.82, 2.24) is 11.0 Å². The van der Waals surface area contributed by atoms with Gasteiger partial charge in [0.15, 0.2) is 0 Å². The van der Waals surface area contributed by atoms with Crippen LogP contribution in [0.15, 0.2) is 30.3 Å². The molecule has 1 aromatic rings. The molecule has 0 saturated carbocycles. The van der Waals surface area contributed by atoms with E-state index in [9.17, 15) is 9.59 Å². The summed E-state index contributed by atoms with van der Waals surface area (Å²) in [5.41, 5.74) is 4.44. The smallest absolute Gasteiger partial charge is 0.303 e. The minimum atomic E-state index is -1.01. The standard InChI is InChI=1S/C10H12N2O4/c13-9(6-7-10(14)15)11-12-16-8-4-2-1-3-5-8/h1-5,12H,6-7H2,(H,11,13)(H,14,15). The molecule has 0 unspecified atom stereocenters. The van der Waals surface area contributed by atoms with Gasteiger partial charge in [0.1, 0.15) is 5.75 Å². The van der Waals surface area contributed by atoms with Crippen LogP contribution in [0.2, 0.25) is 0 Å². The highest BCUT2D eigenvalue weighted by molar-refractivity contribution is 5.80. The van der Waals surface area contributed by atoms with E-state index in [1.165, 1.54) is 0 Å². The van der Waals surface area contributed by atoms with E-state index >= 15 is 0 Å². The number of amides is 1. The summed E-state index contributed by atoms with van der Waals surface area (Å²) in [6.07, 6.45) is -0.306. The maximum Gasteiger partial charge on any atom is 0.303 e. The second kappa shape index (κ2) is 6.41. The Morgan fingerprint density at radius 2 is 1.88 bits per heavy atom. The predicted octanol–water partition coefficient (Wildman–Crippen LogP) is 0.466. The number of hydrogen-bond donors (Lipinski definition) is 3. The summed E-state index contributed by atoms with van der Waals surface area (Å²) in [7, 11) is 0. The zero-order valence-corrected chi connectivity index (χ0v) is 8.47. The second-order valence-corrected chi connectivity index (χ2v) is 2.96. The molecule has 1 aromatic carbocycles. The molecule has 16 heavy (non-hydrogen) atoms. The minimum Gasteiger partial charge on any atom is -0.481 e. The third-order valence-corrected chi connectivity index (χ3v) is 1.67. The molecule has 0 fully saturated rings. The number of rotatable bonds is 6. The van der Waals surface area contributed by atoms with Gasteiger partial charge in [-0.2, -0.15) is 0 Å². The van der Waals surface area contributed by atoms with Gasteiger partial charge in [-0.25, -0.2) is 0 Å². The van der Waals surface area contributed by atoms with Gasteiger partial charge >= 0.3 is 5.97 Å². The highest BCUT2D eigenvalue weighted by Crippen LogP contribution is 2.05. The van der Waals surface area contributed by atoms with E-state index in [1.807, 2.05) is 6.07 Å². The van der Waals surface area contributed by atoms with E-state index in [0.717, 1.165) is 0 Å². The van der Waals surface area contributed by atoms with Gasteiger partial charge in [-0.15, -0.1) is 0 Å². The molecule has 0 heterocycles. The van der Waals surface area contributed by atoms with Crippen molar-refractivity contribution in [2.75, 3.05) is 0 Å². The number of carbonyl (C=O) groups is 2. The Bertz CT molecular complexity index is 353. The summed E-state index contributed by atoms with van der Waals surface area (Å²) in [4.78, 5) is 26.1. The molecule has 0 aliphatic rings. The first-order valence-corrected chi connectivity index (χ1v) is 4.66. The zero-order chi connectivity index (χ0) is 11.8. The molecule has 0 bridgehead atoms. The van der Waals surface area contributed by atoms with Crippen molar-refractivity contribution in [2.24, 2.45) is 0 Å². The molecule has 6 nitrogen and oxygen atoms in total. The fourth-order valence-corrected chi connectivity index (χ4v) is 0.913. The predicted molar refractivity (Wildman–Crippen MR) is 55.2 cm³/mol. The van der Waals surface area contributed by atoms with Crippen LogP contribution in [0.25, 0.3) is 0 Å². The first kappa shape index (κ1) is 12.0. The van der Waals surface area contributed by atoms with Gasteiger partial charge in [0.05, 0.1) is 6.42 Å². The average molecular weight is 224 g/mol. The van der Waals surface area contributed by atoms with Gasteiger partial charge in [0.25, 0.3) is 0 Å². The summed E-state index contributed by atoms with van der Waals surface area (Å²) >= 11 is 0. The monoisotopic (exact) mass is 224 g/mol. The molecule has 3 N–H and O–H groups in total. The van der Waals surface area contributed by atoms with Crippen LogP contribution in [0, 0.1) is 0 Å². The van der Waals surface area contributed by atoms with Crippen LogP contribution in [-0.4, -0.2) is 17.0 Å². The third kappa shape index (κ3) is 4.97. The molecule has 1 rings (SSSR count). The van der Waals surface area contributed by atoms with Crippen molar-refractivity contribution in [1.29, 1.82) is 0 Å². The molecule has 0 aliphatic carbocycles. The number of para-hydroxylation sites is 1. The number of nitrogens with one attached hydrogen (secondary N) is 2. The molecule has 1 amide bonds. The lowest BCUT2D eigenvalue weighted by Crippen LogP contribution is -2.39. The van der Waals surface area contributed by atoms with Crippen molar-refractivity contribution in [3.05, 3.63) is 30.3 Å². The first-order valence-electron chi connectivity index (χ1n) is 4.66. The number of benzene rings is 1. The van der Waals surface area contributed by atoms with Crippen molar-refractivity contribution in [2.45, 2.75) is 12.8 Å². The first-order chi connectivity index (χ1) is 7.68. The van der Waals surface area contributed by atoms with Crippen LogP contribution in [0.1, 0.15) is 12.8 Å². The largest absolute Gasteiger partial charge is 0.481 e. The van der Waals surface area contributed by atoms with Gasteiger partial charge in [-0.1, -0.05) is 23.8 Å². The number of hydrazine groups is 1. The van der Waals surface area contributed by atoms with Gasteiger partial charge in [-0.05, 0) is 12.1 Å². The maximum atomic E-state index is 11.0. The summed E-state index contributed by atoms with van der Waals surface area (Å²) in [6, 6.07) is 8.80. The molecular formula is C10H12N2O4. The Labute approximate surface area is 92.1 Å². The summed E-state index contributed by atoms with van der Waals surface area (Å²) in [5.74, 6) is -0.918. The van der Waals surface area contributed by atoms with Crippen LogP contribution in [0.5, 0.6) is 5.75 Å². The lowest BCUT2D eigenvalue weighted by Gasteiger charge is -2.07. The third-order valence-electron chi connectivity index (χ3n) is 1.67. The molecule has 0 spiro atoms. The van der Waals surface area contributed by atoms with Gasteiger partial charge in [-0.3, -0.25) is 15.0 Å². The van der Waals surface area contributed by atoms with Crippen LogP contribution < -0.4 is 15.9 Å². The minimum absolute atomic E-state index is 0.0967. The second-order valence-electron chi connectivity index (χ2n) is 2.96. The number of carboxylic acids is 1. The van der Waals surface area contributed by atoms with Crippen LogP contribution in [-0.2, 0) is 9.59 Å². The van der Waals surface area contributed by atoms with Crippen molar-refractivity contribution >= 4 is 11.9 Å². The van der Waals surface area contributed by atoms with E-state index in [4.69, 9.17) is 9.94 Å². The Morgan fingerprint density at radius 1 is 1.19 bits per heavy atom. The molecular weight excluding hydrogens is 212 g/mol. The van der Waals surface area contributed by atoms with Crippen molar-refractivity contribution in [3.63, 3.8) is 0 Å². The fourth-order valence-electron chi connectivity index (χ4n) is 0.913. The Balaban J connectivity index is 2.16. The number of carboxylic acid groups (broad SMARTS) is 1. The SMILES string of the molecule is O=C(O)CCC(=O)NNOc1ccccc1. The normalized spacial score (nSPS) is 9.50. The number of carbonyl (C=O) groups excluding carboxylic acids is 1. The van der Waals surface area contributed by atoms with Crippen molar-refractivity contribution in [3.8, 4) is 5.75 Å². The van der Waals surface area contributed by atoms with Crippen LogP contribution in [0.3, 0.4) is 0 Å². The van der Waals surface area contributed by atoms with Gasteiger partial charge in [0, 0.05) is 6.42 Å². The molecule has 0 saturated heterocycles. The van der Waals surface area contributed by atoms with E-state index in [-0.39, 0.29) is 12.8 Å². The Kier molecular flexibility index (Phi) is 4.81. The van der Waals surface area contributed by atoms with Crippen LogP contribution >= 0.6 is 0 Å². The quantitative estimate of drug-likeness (QED) is 0.611. The molecule has 0 aromatic heterocycles. The average Bonchev–Trinajstić information content (AvgIpc) is 2.28. The van der Waals surface area contributed by atoms with E-state index < -0.39 is 11.9 Å².